The van der Waals surface area contributed by atoms with Crippen molar-refractivity contribution in [2.24, 2.45) is 0 Å². The molecule has 2 unspecified atom stereocenters. The molecule has 0 spiro atoms. The van der Waals surface area contributed by atoms with Gasteiger partial charge in [-0.3, -0.25) is 18.1 Å². The maximum Gasteiger partial charge on any atom is 0.472 e. The van der Waals surface area contributed by atoms with Crippen molar-refractivity contribution < 1.29 is 37.0 Å². The number of unbranched alkanes of at least 4 members (excludes halogenated alkanes) is 5. The minimum absolute atomic E-state index is 0.113. The molecule has 0 saturated carbocycles. The van der Waals surface area contributed by atoms with Crippen molar-refractivity contribution >= 4 is 15.6 Å². The fourth-order valence-corrected chi connectivity index (χ4v) is 3.32. The molecular formula is C14H32O8P2. The average molecular weight is 390 g/mol. The van der Waals surface area contributed by atoms with Crippen molar-refractivity contribution in [1.82, 2.24) is 0 Å². The molecule has 2 N–H and O–H groups in total. The van der Waals surface area contributed by atoms with Crippen LogP contribution in [0.3, 0.4) is 0 Å². The summed E-state index contributed by atoms with van der Waals surface area (Å²) in [5.41, 5.74) is 0. The highest BCUT2D eigenvalue weighted by atomic mass is 31.2. The SMILES string of the molecule is CCCCCCOP(=O)(O)OCCCOP(=O)(O)OCCCCC. The second-order valence-electron chi connectivity index (χ2n) is 5.39. The number of rotatable bonds is 17. The number of phosphoric acid groups is 2. The monoisotopic (exact) mass is 390 g/mol. The quantitative estimate of drug-likeness (QED) is 0.277. The minimum Gasteiger partial charge on any atom is -0.302 e. The van der Waals surface area contributed by atoms with Crippen LogP contribution in [-0.4, -0.2) is 36.2 Å². The molecule has 0 amide bonds. The van der Waals surface area contributed by atoms with Crippen molar-refractivity contribution in [2.45, 2.75) is 65.2 Å². The highest BCUT2D eigenvalue weighted by Gasteiger charge is 2.22. The minimum atomic E-state index is -4.07. The summed E-state index contributed by atoms with van der Waals surface area (Å²) in [7, 11) is -8.13. The van der Waals surface area contributed by atoms with Crippen LogP contribution >= 0.6 is 15.6 Å². The van der Waals surface area contributed by atoms with Crippen LogP contribution in [0.2, 0.25) is 0 Å². The van der Waals surface area contributed by atoms with Crippen LogP contribution in [0.25, 0.3) is 0 Å². The zero-order valence-corrected chi connectivity index (χ0v) is 16.5. The molecule has 24 heavy (non-hydrogen) atoms. The van der Waals surface area contributed by atoms with Gasteiger partial charge in [0, 0.05) is 0 Å². The van der Waals surface area contributed by atoms with E-state index in [1.165, 1.54) is 0 Å². The molecule has 0 heterocycles. The first kappa shape index (κ1) is 24.2. The zero-order chi connectivity index (χ0) is 18.3. The molecule has 8 nitrogen and oxygen atoms in total. The third kappa shape index (κ3) is 15.7. The maximum absolute atomic E-state index is 11.6. The Kier molecular flexibility index (Phi) is 14.5. The summed E-state index contributed by atoms with van der Waals surface area (Å²) in [6.07, 6.45) is 6.53. The van der Waals surface area contributed by atoms with Crippen LogP contribution < -0.4 is 0 Å². The first-order valence-corrected chi connectivity index (χ1v) is 11.6. The fourth-order valence-electron chi connectivity index (χ4n) is 1.73. The highest BCUT2D eigenvalue weighted by Crippen LogP contribution is 2.45. The third-order valence-corrected chi connectivity index (χ3v) is 5.09. The van der Waals surface area contributed by atoms with E-state index in [1.807, 2.05) is 6.92 Å². The second kappa shape index (κ2) is 14.4. The van der Waals surface area contributed by atoms with Crippen LogP contribution in [0.4, 0.5) is 0 Å². The number of phosphoric ester groups is 2. The molecule has 0 rings (SSSR count). The Morgan fingerprint density at radius 3 is 1.33 bits per heavy atom. The lowest BCUT2D eigenvalue weighted by Crippen LogP contribution is -2.03. The highest BCUT2D eigenvalue weighted by molar-refractivity contribution is 7.47. The Labute approximate surface area is 145 Å². The molecule has 0 aromatic rings. The number of hydrogen-bond donors (Lipinski definition) is 2. The van der Waals surface area contributed by atoms with E-state index in [9.17, 15) is 18.9 Å². The molecule has 0 aliphatic rings. The van der Waals surface area contributed by atoms with Gasteiger partial charge in [0.2, 0.25) is 0 Å². The van der Waals surface area contributed by atoms with Gasteiger partial charge in [0.05, 0.1) is 26.4 Å². The van der Waals surface area contributed by atoms with Crippen LogP contribution in [-0.2, 0) is 27.2 Å². The van der Waals surface area contributed by atoms with E-state index in [0.717, 1.165) is 32.1 Å². The summed E-state index contributed by atoms with van der Waals surface area (Å²) in [5.74, 6) is 0. The Balaban J connectivity index is 3.68. The molecule has 0 bridgehead atoms. The van der Waals surface area contributed by atoms with E-state index >= 15 is 0 Å². The van der Waals surface area contributed by atoms with E-state index in [4.69, 9.17) is 18.1 Å². The van der Waals surface area contributed by atoms with E-state index in [1.54, 1.807) is 0 Å². The van der Waals surface area contributed by atoms with Crippen molar-refractivity contribution in [2.75, 3.05) is 26.4 Å². The van der Waals surface area contributed by atoms with Crippen LogP contribution in [0.15, 0.2) is 0 Å². The van der Waals surface area contributed by atoms with Gasteiger partial charge in [-0.25, -0.2) is 9.13 Å². The van der Waals surface area contributed by atoms with Crippen molar-refractivity contribution in [3.8, 4) is 0 Å². The third-order valence-electron chi connectivity index (χ3n) is 3.05. The molecule has 2 atom stereocenters. The molecule has 0 aromatic carbocycles. The standard InChI is InChI=1S/C14H32O8P2/c1-3-5-7-9-12-20-24(17,18)22-14-10-13-21-23(15,16)19-11-8-6-4-2/h3-14H2,1-2H3,(H,15,16)(H,17,18). The summed E-state index contributed by atoms with van der Waals surface area (Å²) in [6.45, 7) is 4.20. The average Bonchev–Trinajstić information content (AvgIpc) is 2.51. The summed E-state index contributed by atoms with van der Waals surface area (Å²) < 4.78 is 42.2. The van der Waals surface area contributed by atoms with Gasteiger partial charge in [-0.2, -0.15) is 0 Å². The van der Waals surface area contributed by atoms with Gasteiger partial charge < -0.3 is 9.79 Å². The van der Waals surface area contributed by atoms with Crippen LogP contribution in [0.1, 0.15) is 65.2 Å². The van der Waals surface area contributed by atoms with Gasteiger partial charge in [0.15, 0.2) is 0 Å². The molecule has 0 radical (unpaired) electrons. The van der Waals surface area contributed by atoms with Gasteiger partial charge in [0.25, 0.3) is 0 Å². The van der Waals surface area contributed by atoms with E-state index in [0.29, 0.717) is 12.8 Å². The van der Waals surface area contributed by atoms with Gasteiger partial charge in [-0.1, -0.05) is 46.0 Å². The summed E-state index contributed by atoms with van der Waals surface area (Å²) in [5, 5.41) is 0. The van der Waals surface area contributed by atoms with Crippen LogP contribution in [0.5, 0.6) is 0 Å². The predicted molar refractivity (Wildman–Crippen MR) is 91.7 cm³/mol. The van der Waals surface area contributed by atoms with Crippen LogP contribution in [0, 0.1) is 0 Å². The first-order chi connectivity index (χ1) is 11.3. The summed E-state index contributed by atoms with van der Waals surface area (Å²) in [4.78, 5) is 18.8. The van der Waals surface area contributed by atoms with Gasteiger partial charge in [-0.05, 0) is 19.3 Å². The normalized spacial score (nSPS) is 16.7. The number of hydrogen-bond acceptors (Lipinski definition) is 6. The Bertz CT molecular complexity index is 391. The molecule has 0 saturated heterocycles. The lowest BCUT2D eigenvalue weighted by atomic mass is 10.2. The first-order valence-electron chi connectivity index (χ1n) is 8.56. The largest absolute Gasteiger partial charge is 0.472 e. The predicted octanol–water partition coefficient (Wildman–Crippen LogP) is 4.41. The maximum atomic E-state index is 11.6. The van der Waals surface area contributed by atoms with E-state index in [2.05, 4.69) is 6.92 Å². The van der Waals surface area contributed by atoms with Gasteiger partial charge in [-0.15, -0.1) is 0 Å². The van der Waals surface area contributed by atoms with E-state index in [-0.39, 0.29) is 32.8 Å². The zero-order valence-electron chi connectivity index (χ0n) is 14.7. The molecule has 0 aliphatic carbocycles. The Morgan fingerprint density at radius 1 is 0.583 bits per heavy atom. The Morgan fingerprint density at radius 2 is 0.917 bits per heavy atom. The fraction of sp³-hybridized carbons (Fsp3) is 1.00. The van der Waals surface area contributed by atoms with E-state index < -0.39 is 15.6 Å². The van der Waals surface area contributed by atoms with Gasteiger partial charge >= 0.3 is 15.6 Å². The smallest absolute Gasteiger partial charge is 0.302 e. The molecule has 146 valence electrons. The molecule has 10 heteroatoms. The lowest BCUT2D eigenvalue weighted by Gasteiger charge is -2.13. The molecule has 0 aromatic heterocycles. The van der Waals surface area contributed by atoms with Crippen molar-refractivity contribution in [1.29, 1.82) is 0 Å². The summed E-state index contributed by atoms with van der Waals surface area (Å²) >= 11 is 0. The Hall–Kier alpha value is 0.220. The topological polar surface area (TPSA) is 112 Å². The molecule has 0 fully saturated rings. The van der Waals surface area contributed by atoms with Crippen molar-refractivity contribution in [3.05, 3.63) is 0 Å². The lowest BCUT2D eigenvalue weighted by molar-refractivity contribution is 0.122. The van der Waals surface area contributed by atoms with Gasteiger partial charge in [0.1, 0.15) is 0 Å². The van der Waals surface area contributed by atoms with Crippen molar-refractivity contribution in [3.63, 3.8) is 0 Å². The summed E-state index contributed by atoms with van der Waals surface area (Å²) in [6, 6.07) is 0. The molecular weight excluding hydrogens is 358 g/mol. The molecule has 0 aliphatic heterocycles. The second-order valence-corrected chi connectivity index (χ2v) is 8.30.